The quantitative estimate of drug-likeness (QED) is 0.353. The third-order valence-corrected chi connectivity index (χ3v) is 4.10. The summed E-state index contributed by atoms with van der Waals surface area (Å²) in [5, 5.41) is 18.9. The van der Waals surface area contributed by atoms with E-state index >= 15 is 0 Å². The predicted molar refractivity (Wildman–Crippen MR) is 103 cm³/mol. The zero-order valence-electron chi connectivity index (χ0n) is 14.7. The molecule has 0 radical (unpaired) electrons. The summed E-state index contributed by atoms with van der Waals surface area (Å²) in [4.78, 5) is 10.3. The molecule has 0 aliphatic heterocycles. The molecule has 1 heterocycles. The number of nitro groups is 1. The van der Waals surface area contributed by atoms with Gasteiger partial charge in [-0.05, 0) is 54.1 Å². The molecule has 0 saturated carbocycles. The van der Waals surface area contributed by atoms with Crippen LogP contribution in [0.25, 0.3) is 22.9 Å². The van der Waals surface area contributed by atoms with Crippen molar-refractivity contribution >= 4 is 5.69 Å². The van der Waals surface area contributed by atoms with E-state index in [1.54, 1.807) is 12.1 Å². The molecule has 0 spiro atoms. The molecule has 0 atom stereocenters. The van der Waals surface area contributed by atoms with Crippen LogP contribution in [0.15, 0.2) is 83.3 Å². The van der Waals surface area contributed by atoms with Gasteiger partial charge >= 0.3 is 0 Å². The summed E-state index contributed by atoms with van der Waals surface area (Å²) in [6, 6.07) is 23.2. The van der Waals surface area contributed by atoms with Crippen LogP contribution >= 0.6 is 0 Å². The molecule has 4 rings (SSSR count). The van der Waals surface area contributed by atoms with Crippen LogP contribution in [0.5, 0.6) is 5.75 Å². The third kappa shape index (κ3) is 3.88. The number of aromatic nitrogens is 2. The van der Waals surface area contributed by atoms with E-state index in [0.717, 1.165) is 16.7 Å². The third-order valence-electron chi connectivity index (χ3n) is 4.10. The Hall–Kier alpha value is -4.00. The summed E-state index contributed by atoms with van der Waals surface area (Å²) in [7, 11) is 0. The highest BCUT2D eigenvalue weighted by atomic mass is 16.6. The molecule has 0 unspecified atom stereocenters. The van der Waals surface area contributed by atoms with Gasteiger partial charge < -0.3 is 9.15 Å². The molecule has 7 nitrogen and oxygen atoms in total. The molecule has 138 valence electrons. The summed E-state index contributed by atoms with van der Waals surface area (Å²) in [5.74, 6) is 1.57. The first-order valence-corrected chi connectivity index (χ1v) is 8.54. The fraction of sp³-hybridized carbons (Fsp3) is 0.0476. The van der Waals surface area contributed by atoms with Gasteiger partial charge in [-0.25, -0.2) is 0 Å². The second-order valence-electron chi connectivity index (χ2n) is 6.02. The van der Waals surface area contributed by atoms with E-state index < -0.39 is 4.92 Å². The molecule has 0 saturated heterocycles. The first kappa shape index (κ1) is 17.4. The van der Waals surface area contributed by atoms with Crippen molar-refractivity contribution < 1.29 is 14.1 Å². The number of rotatable bonds is 6. The zero-order valence-corrected chi connectivity index (χ0v) is 14.7. The summed E-state index contributed by atoms with van der Waals surface area (Å²) in [6.07, 6.45) is 0. The van der Waals surface area contributed by atoms with E-state index in [1.807, 2.05) is 54.6 Å². The van der Waals surface area contributed by atoms with Gasteiger partial charge in [0.05, 0.1) is 4.92 Å². The van der Waals surface area contributed by atoms with Crippen molar-refractivity contribution in [3.63, 3.8) is 0 Å². The minimum Gasteiger partial charge on any atom is -0.489 e. The van der Waals surface area contributed by atoms with Crippen LogP contribution in [0.4, 0.5) is 5.69 Å². The smallest absolute Gasteiger partial charge is 0.269 e. The lowest BCUT2D eigenvalue weighted by atomic mass is 10.2. The van der Waals surface area contributed by atoms with Gasteiger partial charge in [-0.1, -0.05) is 18.2 Å². The Balaban J connectivity index is 1.41. The number of nitrogens with zero attached hydrogens (tertiary/aromatic N) is 3. The molecular weight excluding hydrogens is 358 g/mol. The van der Waals surface area contributed by atoms with Gasteiger partial charge in [0.1, 0.15) is 12.4 Å². The minimum atomic E-state index is -0.426. The highest BCUT2D eigenvalue weighted by Gasteiger charge is 2.10. The number of nitro benzene ring substituents is 1. The SMILES string of the molecule is O=[N+]([O-])c1ccc(COc2ccc(-c3nnc(-c4ccccc4)o3)cc2)cc1. The maximum Gasteiger partial charge on any atom is 0.269 e. The monoisotopic (exact) mass is 373 g/mol. The summed E-state index contributed by atoms with van der Waals surface area (Å²) in [5.41, 5.74) is 2.56. The summed E-state index contributed by atoms with van der Waals surface area (Å²) >= 11 is 0. The van der Waals surface area contributed by atoms with Gasteiger partial charge in [0.25, 0.3) is 5.69 Å². The average molecular weight is 373 g/mol. The Morgan fingerprint density at radius 3 is 2.04 bits per heavy atom. The number of hydrogen-bond donors (Lipinski definition) is 0. The predicted octanol–water partition coefficient (Wildman–Crippen LogP) is 4.89. The van der Waals surface area contributed by atoms with Crippen LogP contribution in [0, 0.1) is 10.1 Å². The fourth-order valence-electron chi connectivity index (χ4n) is 2.61. The normalized spacial score (nSPS) is 10.6. The molecule has 1 aromatic heterocycles. The van der Waals surface area contributed by atoms with Crippen molar-refractivity contribution in [1.82, 2.24) is 10.2 Å². The Morgan fingerprint density at radius 2 is 1.43 bits per heavy atom. The first-order chi connectivity index (χ1) is 13.7. The number of benzene rings is 3. The maximum absolute atomic E-state index is 10.7. The molecule has 0 amide bonds. The number of non-ortho nitro benzene ring substituents is 1. The van der Waals surface area contributed by atoms with E-state index in [1.165, 1.54) is 12.1 Å². The van der Waals surface area contributed by atoms with E-state index in [9.17, 15) is 10.1 Å². The van der Waals surface area contributed by atoms with Crippen molar-refractivity contribution in [2.75, 3.05) is 0 Å². The van der Waals surface area contributed by atoms with Gasteiger partial charge in [-0.3, -0.25) is 10.1 Å². The van der Waals surface area contributed by atoms with Crippen molar-refractivity contribution in [2.45, 2.75) is 6.61 Å². The van der Waals surface area contributed by atoms with Crippen molar-refractivity contribution in [2.24, 2.45) is 0 Å². The Morgan fingerprint density at radius 1 is 0.821 bits per heavy atom. The Bertz CT molecular complexity index is 1070. The molecule has 3 aromatic carbocycles. The second kappa shape index (κ2) is 7.71. The van der Waals surface area contributed by atoms with Crippen LogP contribution in [-0.2, 0) is 6.61 Å². The molecule has 0 fully saturated rings. The van der Waals surface area contributed by atoms with Crippen LogP contribution in [0.3, 0.4) is 0 Å². The summed E-state index contributed by atoms with van der Waals surface area (Å²) < 4.78 is 11.5. The topological polar surface area (TPSA) is 91.3 Å². The molecule has 0 aliphatic rings. The molecule has 0 aliphatic carbocycles. The summed E-state index contributed by atoms with van der Waals surface area (Å²) in [6.45, 7) is 0.316. The largest absolute Gasteiger partial charge is 0.489 e. The van der Waals surface area contributed by atoms with Crippen molar-refractivity contribution in [1.29, 1.82) is 0 Å². The van der Waals surface area contributed by atoms with Crippen molar-refractivity contribution in [3.05, 3.63) is 94.5 Å². The fourth-order valence-corrected chi connectivity index (χ4v) is 2.61. The lowest BCUT2D eigenvalue weighted by Gasteiger charge is -2.06. The van der Waals surface area contributed by atoms with Gasteiger partial charge in [-0.2, -0.15) is 0 Å². The lowest BCUT2D eigenvalue weighted by Crippen LogP contribution is -1.96. The molecule has 28 heavy (non-hydrogen) atoms. The van der Waals surface area contributed by atoms with Gasteiger partial charge in [-0.15, -0.1) is 10.2 Å². The molecular formula is C21H15N3O4. The second-order valence-corrected chi connectivity index (χ2v) is 6.02. The van der Waals surface area contributed by atoms with E-state index in [-0.39, 0.29) is 5.69 Å². The molecule has 7 heteroatoms. The van der Waals surface area contributed by atoms with Gasteiger partial charge in [0.15, 0.2) is 0 Å². The number of hydrogen-bond acceptors (Lipinski definition) is 6. The minimum absolute atomic E-state index is 0.0579. The van der Waals surface area contributed by atoms with E-state index in [0.29, 0.717) is 24.1 Å². The van der Waals surface area contributed by atoms with Crippen LogP contribution < -0.4 is 4.74 Å². The average Bonchev–Trinajstić information content (AvgIpc) is 3.24. The molecule has 0 bridgehead atoms. The maximum atomic E-state index is 10.7. The molecule has 4 aromatic rings. The van der Waals surface area contributed by atoms with Gasteiger partial charge in [0.2, 0.25) is 11.8 Å². The highest BCUT2D eigenvalue weighted by Crippen LogP contribution is 2.25. The van der Waals surface area contributed by atoms with Crippen molar-refractivity contribution in [3.8, 4) is 28.7 Å². The Kier molecular flexibility index (Phi) is 4.79. The van der Waals surface area contributed by atoms with E-state index in [4.69, 9.17) is 9.15 Å². The van der Waals surface area contributed by atoms with Crippen LogP contribution in [0.1, 0.15) is 5.56 Å². The molecule has 0 N–H and O–H groups in total. The van der Waals surface area contributed by atoms with Gasteiger partial charge in [0, 0.05) is 23.3 Å². The first-order valence-electron chi connectivity index (χ1n) is 8.54. The zero-order chi connectivity index (χ0) is 19.3. The standard InChI is InChI=1S/C21H15N3O4/c25-24(26)18-10-6-15(7-11-18)14-27-19-12-8-17(9-13-19)21-23-22-20(28-21)16-4-2-1-3-5-16/h1-13H,14H2. The van der Waals surface area contributed by atoms with E-state index in [2.05, 4.69) is 10.2 Å². The highest BCUT2D eigenvalue weighted by molar-refractivity contribution is 5.58. The number of ether oxygens (including phenoxy) is 1. The van der Waals surface area contributed by atoms with Crippen LogP contribution in [-0.4, -0.2) is 15.1 Å². The van der Waals surface area contributed by atoms with Crippen LogP contribution in [0.2, 0.25) is 0 Å². The Labute approximate surface area is 160 Å². The lowest BCUT2D eigenvalue weighted by molar-refractivity contribution is -0.384.